The highest BCUT2D eigenvalue weighted by Crippen LogP contribution is 2.43. The summed E-state index contributed by atoms with van der Waals surface area (Å²) in [5, 5.41) is 10.5. The summed E-state index contributed by atoms with van der Waals surface area (Å²) in [5.41, 5.74) is 0.834. The standard InChI is InChI=1S/C10H11NO2S/c12-6-3-7-9(8(13)4-6)14-10(11-7)5-1-2-5/h5-6,12H,1-4H2. The molecule has 1 unspecified atom stereocenters. The third kappa shape index (κ3) is 1.29. The van der Waals surface area contributed by atoms with Crippen LogP contribution in [0.15, 0.2) is 0 Å². The zero-order chi connectivity index (χ0) is 9.71. The van der Waals surface area contributed by atoms with Crippen LogP contribution in [0.5, 0.6) is 0 Å². The van der Waals surface area contributed by atoms with Crippen molar-refractivity contribution in [2.45, 2.75) is 37.7 Å². The van der Waals surface area contributed by atoms with Crippen molar-refractivity contribution in [3.63, 3.8) is 0 Å². The van der Waals surface area contributed by atoms with E-state index in [4.69, 9.17) is 0 Å². The molecule has 0 aliphatic heterocycles. The van der Waals surface area contributed by atoms with Crippen LogP contribution in [0.3, 0.4) is 0 Å². The number of rotatable bonds is 1. The van der Waals surface area contributed by atoms with Gasteiger partial charge in [0.1, 0.15) is 0 Å². The van der Waals surface area contributed by atoms with Crippen LogP contribution < -0.4 is 0 Å². The van der Waals surface area contributed by atoms with E-state index in [0.29, 0.717) is 12.3 Å². The maximum atomic E-state index is 11.6. The number of nitrogens with zero attached hydrogens (tertiary/aromatic N) is 1. The Morgan fingerprint density at radius 1 is 1.36 bits per heavy atom. The SMILES string of the molecule is O=C1CC(O)Cc2nc(C3CC3)sc21. The van der Waals surface area contributed by atoms with Crippen LogP contribution in [0, 0.1) is 0 Å². The highest BCUT2D eigenvalue weighted by molar-refractivity contribution is 7.14. The number of fused-ring (bicyclic) bond motifs is 1. The van der Waals surface area contributed by atoms with E-state index in [1.807, 2.05) is 0 Å². The molecule has 1 atom stereocenters. The smallest absolute Gasteiger partial charge is 0.177 e. The maximum Gasteiger partial charge on any atom is 0.177 e. The minimum Gasteiger partial charge on any atom is -0.392 e. The number of hydrogen-bond acceptors (Lipinski definition) is 4. The van der Waals surface area contributed by atoms with Crippen LogP contribution in [0.4, 0.5) is 0 Å². The van der Waals surface area contributed by atoms with E-state index in [1.54, 1.807) is 11.3 Å². The zero-order valence-electron chi connectivity index (χ0n) is 7.69. The van der Waals surface area contributed by atoms with E-state index in [0.717, 1.165) is 15.6 Å². The Morgan fingerprint density at radius 3 is 2.86 bits per heavy atom. The molecular formula is C10H11NO2S. The Bertz CT molecular complexity index is 395. The number of thiazole rings is 1. The molecular weight excluding hydrogens is 198 g/mol. The summed E-state index contributed by atoms with van der Waals surface area (Å²) in [6.45, 7) is 0. The number of aliphatic hydroxyl groups is 1. The average Bonchev–Trinajstić information content (AvgIpc) is 2.87. The lowest BCUT2D eigenvalue weighted by atomic mass is 9.99. The van der Waals surface area contributed by atoms with Gasteiger partial charge >= 0.3 is 0 Å². The van der Waals surface area contributed by atoms with E-state index in [9.17, 15) is 9.90 Å². The Kier molecular flexibility index (Phi) is 1.76. The minimum absolute atomic E-state index is 0.0724. The van der Waals surface area contributed by atoms with E-state index in [1.165, 1.54) is 12.8 Å². The van der Waals surface area contributed by atoms with Crippen molar-refractivity contribution < 1.29 is 9.90 Å². The molecule has 74 valence electrons. The van der Waals surface area contributed by atoms with Crippen LogP contribution in [0.2, 0.25) is 0 Å². The number of carbonyl (C=O) groups excluding carboxylic acids is 1. The molecule has 0 amide bonds. The Morgan fingerprint density at radius 2 is 2.14 bits per heavy atom. The van der Waals surface area contributed by atoms with Crippen molar-refractivity contribution in [2.24, 2.45) is 0 Å². The highest BCUT2D eigenvalue weighted by Gasteiger charge is 2.32. The van der Waals surface area contributed by atoms with Crippen LogP contribution >= 0.6 is 11.3 Å². The first-order chi connectivity index (χ1) is 6.74. The summed E-state index contributed by atoms with van der Waals surface area (Å²) in [5.74, 6) is 0.679. The molecule has 0 aromatic carbocycles. The molecule has 3 rings (SSSR count). The lowest BCUT2D eigenvalue weighted by Gasteiger charge is -2.13. The van der Waals surface area contributed by atoms with Crippen molar-refractivity contribution in [1.29, 1.82) is 0 Å². The van der Waals surface area contributed by atoms with Crippen LogP contribution in [0.25, 0.3) is 0 Å². The lowest BCUT2D eigenvalue weighted by molar-refractivity contribution is 0.0856. The first-order valence-corrected chi connectivity index (χ1v) is 5.76. The molecule has 1 aromatic rings. The molecule has 2 aliphatic rings. The topological polar surface area (TPSA) is 50.2 Å². The molecule has 1 heterocycles. The highest BCUT2D eigenvalue weighted by atomic mass is 32.1. The normalized spacial score (nSPS) is 26.4. The quantitative estimate of drug-likeness (QED) is 0.762. The van der Waals surface area contributed by atoms with Gasteiger partial charge in [-0.1, -0.05) is 0 Å². The zero-order valence-corrected chi connectivity index (χ0v) is 8.51. The molecule has 1 aromatic heterocycles. The Labute approximate surface area is 85.8 Å². The summed E-state index contributed by atoms with van der Waals surface area (Å²) < 4.78 is 0. The van der Waals surface area contributed by atoms with Gasteiger partial charge < -0.3 is 5.11 Å². The van der Waals surface area contributed by atoms with Gasteiger partial charge in [-0.2, -0.15) is 0 Å². The molecule has 14 heavy (non-hydrogen) atoms. The molecule has 4 heteroatoms. The molecule has 2 aliphatic carbocycles. The average molecular weight is 209 g/mol. The van der Waals surface area contributed by atoms with Gasteiger partial charge in [0.25, 0.3) is 0 Å². The predicted molar refractivity (Wildman–Crippen MR) is 52.7 cm³/mol. The van der Waals surface area contributed by atoms with E-state index in [2.05, 4.69) is 4.98 Å². The number of ketones is 1. The second kappa shape index (κ2) is 2.87. The van der Waals surface area contributed by atoms with Crippen LogP contribution in [0.1, 0.15) is 45.6 Å². The summed E-state index contributed by atoms with van der Waals surface area (Å²) >= 11 is 1.54. The molecule has 0 radical (unpaired) electrons. The summed E-state index contributed by atoms with van der Waals surface area (Å²) in [7, 11) is 0. The first-order valence-electron chi connectivity index (χ1n) is 4.95. The molecule has 1 N–H and O–H groups in total. The van der Waals surface area contributed by atoms with Crippen LogP contribution in [-0.4, -0.2) is 22.0 Å². The fourth-order valence-corrected chi connectivity index (χ4v) is 3.04. The summed E-state index contributed by atoms with van der Waals surface area (Å²) in [6.07, 6.45) is 2.75. The van der Waals surface area contributed by atoms with Gasteiger partial charge in [0.15, 0.2) is 5.78 Å². The number of aliphatic hydroxyl groups excluding tert-OH is 1. The summed E-state index contributed by atoms with van der Waals surface area (Å²) in [6, 6.07) is 0. The van der Waals surface area contributed by atoms with Gasteiger partial charge in [-0.25, -0.2) is 4.98 Å². The summed E-state index contributed by atoms with van der Waals surface area (Å²) in [4.78, 5) is 16.8. The Hall–Kier alpha value is -0.740. The van der Waals surface area contributed by atoms with Gasteiger partial charge in [-0.05, 0) is 12.8 Å². The molecule has 1 fully saturated rings. The number of aromatic nitrogens is 1. The van der Waals surface area contributed by atoms with E-state index < -0.39 is 6.10 Å². The second-order valence-corrected chi connectivity index (χ2v) is 5.12. The molecule has 0 bridgehead atoms. The van der Waals surface area contributed by atoms with Gasteiger partial charge in [0.05, 0.1) is 21.7 Å². The molecule has 0 saturated heterocycles. The first kappa shape index (κ1) is 8.56. The maximum absolute atomic E-state index is 11.6. The van der Waals surface area contributed by atoms with Crippen molar-refractivity contribution >= 4 is 17.1 Å². The molecule has 3 nitrogen and oxygen atoms in total. The van der Waals surface area contributed by atoms with Gasteiger partial charge in [0.2, 0.25) is 0 Å². The van der Waals surface area contributed by atoms with Crippen molar-refractivity contribution in [1.82, 2.24) is 4.98 Å². The van der Waals surface area contributed by atoms with Gasteiger partial charge in [-0.3, -0.25) is 4.79 Å². The number of hydrogen-bond donors (Lipinski definition) is 1. The Balaban J connectivity index is 2.01. The largest absolute Gasteiger partial charge is 0.392 e. The van der Waals surface area contributed by atoms with Crippen molar-refractivity contribution in [3.8, 4) is 0 Å². The molecule has 1 saturated carbocycles. The van der Waals surface area contributed by atoms with E-state index in [-0.39, 0.29) is 12.2 Å². The fraction of sp³-hybridized carbons (Fsp3) is 0.600. The lowest BCUT2D eigenvalue weighted by Crippen LogP contribution is -2.22. The van der Waals surface area contributed by atoms with Crippen molar-refractivity contribution in [2.75, 3.05) is 0 Å². The monoisotopic (exact) mass is 209 g/mol. The second-order valence-electron chi connectivity index (χ2n) is 4.09. The fourth-order valence-electron chi connectivity index (χ4n) is 1.83. The number of carbonyl (C=O) groups is 1. The third-order valence-corrected chi connectivity index (χ3v) is 4.04. The predicted octanol–water partition coefficient (Wildman–Crippen LogP) is 1.51. The molecule has 0 spiro atoms. The van der Waals surface area contributed by atoms with E-state index >= 15 is 0 Å². The third-order valence-electron chi connectivity index (χ3n) is 2.74. The van der Waals surface area contributed by atoms with Gasteiger partial charge in [-0.15, -0.1) is 11.3 Å². The minimum atomic E-state index is -0.510. The van der Waals surface area contributed by atoms with Gasteiger partial charge in [0, 0.05) is 18.8 Å². The van der Waals surface area contributed by atoms with Crippen molar-refractivity contribution in [3.05, 3.63) is 15.6 Å². The van der Waals surface area contributed by atoms with Crippen LogP contribution in [-0.2, 0) is 6.42 Å². The number of Topliss-reactive ketones (excluding diaryl/α,β-unsaturated/α-hetero) is 1.